The highest BCUT2D eigenvalue weighted by molar-refractivity contribution is 6.09. The smallest absolute Gasteiger partial charge is 0.327 e. The number of aryl methyl sites for hydroxylation is 1. The number of hydrogen-bond acceptors (Lipinski definition) is 6. The lowest BCUT2D eigenvalue weighted by Gasteiger charge is -2.32. The SMILES string of the molecule is COC(=O)[C@]1(Cc2ccccc2)N[C@H](CN(C)C(=O)Nc2ccc(C)cc2)[C@@H]2C(=O)N(C)C(=O)[C@@H]21. The number of carbonyl (C=O) groups excluding carboxylic acids is 4. The van der Waals surface area contributed by atoms with Crippen LogP contribution < -0.4 is 10.6 Å². The van der Waals surface area contributed by atoms with Gasteiger partial charge in [-0.15, -0.1) is 0 Å². The number of amides is 4. The minimum atomic E-state index is -1.43. The van der Waals surface area contributed by atoms with Crippen LogP contribution in [0.5, 0.6) is 0 Å². The Kier molecular flexibility index (Phi) is 6.62. The third kappa shape index (κ3) is 4.39. The van der Waals surface area contributed by atoms with E-state index in [1.807, 2.05) is 49.4 Å². The van der Waals surface area contributed by atoms with Crippen molar-refractivity contribution >= 4 is 29.5 Å². The van der Waals surface area contributed by atoms with Gasteiger partial charge in [0.05, 0.1) is 18.9 Å². The predicted molar refractivity (Wildman–Crippen MR) is 129 cm³/mol. The molecule has 4 atom stereocenters. The number of benzene rings is 2. The molecule has 2 N–H and O–H groups in total. The number of imide groups is 1. The summed E-state index contributed by atoms with van der Waals surface area (Å²) >= 11 is 0. The number of hydrogen-bond donors (Lipinski definition) is 2. The molecule has 2 aliphatic rings. The van der Waals surface area contributed by atoms with E-state index in [-0.39, 0.29) is 24.9 Å². The van der Waals surface area contributed by atoms with Crippen molar-refractivity contribution in [3.8, 4) is 0 Å². The van der Waals surface area contributed by atoms with Gasteiger partial charge in [-0.1, -0.05) is 48.0 Å². The first kappa shape index (κ1) is 24.4. The Labute approximate surface area is 204 Å². The highest BCUT2D eigenvalue weighted by Gasteiger charge is 2.68. The zero-order valence-corrected chi connectivity index (χ0v) is 20.3. The lowest BCUT2D eigenvalue weighted by atomic mass is 9.76. The second kappa shape index (κ2) is 9.50. The van der Waals surface area contributed by atoms with Crippen molar-refractivity contribution in [2.45, 2.75) is 24.9 Å². The van der Waals surface area contributed by atoms with Gasteiger partial charge >= 0.3 is 12.0 Å². The molecule has 2 aromatic rings. The maximum absolute atomic E-state index is 13.2. The van der Waals surface area contributed by atoms with E-state index in [4.69, 9.17) is 4.74 Å². The van der Waals surface area contributed by atoms with Crippen molar-refractivity contribution in [3.05, 3.63) is 65.7 Å². The molecule has 2 heterocycles. The molecule has 0 saturated carbocycles. The summed E-state index contributed by atoms with van der Waals surface area (Å²) in [4.78, 5) is 55.0. The van der Waals surface area contributed by atoms with Gasteiger partial charge in [-0.2, -0.15) is 0 Å². The van der Waals surface area contributed by atoms with Crippen LogP contribution >= 0.6 is 0 Å². The van der Waals surface area contributed by atoms with E-state index in [2.05, 4.69) is 10.6 Å². The zero-order valence-electron chi connectivity index (χ0n) is 20.3. The molecule has 2 aliphatic heterocycles. The lowest BCUT2D eigenvalue weighted by Crippen LogP contribution is -2.59. The average molecular weight is 479 g/mol. The Morgan fingerprint density at radius 2 is 1.74 bits per heavy atom. The molecule has 184 valence electrons. The fourth-order valence-electron chi connectivity index (χ4n) is 5.18. The molecule has 2 aromatic carbocycles. The van der Waals surface area contributed by atoms with Gasteiger partial charge in [0, 0.05) is 38.8 Å². The molecule has 0 aromatic heterocycles. The van der Waals surface area contributed by atoms with Gasteiger partial charge in [0.25, 0.3) is 0 Å². The van der Waals surface area contributed by atoms with Crippen molar-refractivity contribution in [1.82, 2.24) is 15.1 Å². The number of rotatable bonds is 6. The van der Waals surface area contributed by atoms with Crippen molar-refractivity contribution < 1.29 is 23.9 Å². The summed E-state index contributed by atoms with van der Waals surface area (Å²) < 4.78 is 5.15. The number of nitrogens with zero attached hydrogens (tertiary/aromatic N) is 2. The molecule has 0 radical (unpaired) electrons. The lowest BCUT2D eigenvalue weighted by molar-refractivity contribution is -0.153. The minimum absolute atomic E-state index is 0.110. The van der Waals surface area contributed by atoms with E-state index < -0.39 is 35.3 Å². The fraction of sp³-hybridized carbons (Fsp3) is 0.385. The Bertz CT molecular complexity index is 1140. The van der Waals surface area contributed by atoms with E-state index >= 15 is 0 Å². The first-order valence-corrected chi connectivity index (χ1v) is 11.5. The van der Waals surface area contributed by atoms with E-state index in [0.717, 1.165) is 16.0 Å². The number of nitrogens with one attached hydrogen (secondary N) is 2. The second-order valence-electron chi connectivity index (χ2n) is 9.29. The molecule has 2 fully saturated rings. The van der Waals surface area contributed by atoms with Gasteiger partial charge in [0.15, 0.2) is 0 Å². The number of fused-ring (bicyclic) bond motifs is 1. The van der Waals surface area contributed by atoms with Crippen LogP contribution in [0.25, 0.3) is 0 Å². The fourth-order valence-corrected chi connectivity index (χ4v) is 5.18. The quantitative estimate of drug-likeness (QED) is 0.484. The topological polar surface area (TPSA) is 108 Å². The number of carbonyl (C=O) groups is 4. The molecule has 0 unspecified atom stereocenters. The Morgan fingerprint density at radius 1 is 1.09 bits per heavy atom. The summed E-state index contributed by atoms with van der Waals surface area (Å²) in [7, 11) is 4.31. The number of esters is 1. The van der Waals surface area contributed by atoms with E-state index in [0.29, 0.717) is 5.69 Å². The molecule has 0 aliphatic carbocycles. The highest BCUT2D eigenvalue weighted by Crippen LogP contribution is 2.44. The zero-order chi connectivity index (χ0) is 25.3. The third-order valence-corrected chi connectivity index (χ3v) is 6.97. The van der Waals surface area contributed by atoms with Gasteiger partial charge in [0.2, 0.25) is 11.8 Å². The van der Waals surface area contributed by atoms with Crippen molar-refractivity contribution in [2.24, 2.45) is 11.8 Å². The van der Waals surface area contributed by atoms with Crippen LogP contribution in [0.15, 0.2) is 54.6 Å². The van der Waals surface area contributed by atoms with E-state index in [1.54, 1.807) is 19.2 Å². The van der Waals surface area contributed by atoms with Crippen molar-refractivity contribution in [2.75, 3.05) is 33.1 Å². The monoisotopic (exact) mass is 478 g/mol. The molecular formula is C26H30N4O5. The predicted octanol–water partition coefficient (Wildman–Crippen LogP) is 1.82. The molecule has 4 rings (SSSR count). The van der Waals surface area contributed by atoms with Gasteiger partial charge < -0.3 is 15.0 Å². The molecule has 4 amide bonds. The van der Waals surface area contributed by atoms with Gasteiger partial charge in [-0.3, -0.25) is 24.6 Å². The van der Waals surface area contributed by atoms with Crippen LogP contribution in [0.1, 0.15) is 11.1 Å². The summed E-state index contributed by atoms with van der Waals surface area (Å²) in [5.74, 6) is -3.15. The molecule has 0 bridgehead atoms. The second-order valence-corrected chi connectivity index (χ2v) is 9.29. The average Bonchev–Trinajstić information content (AvgIpc) is 3.29. The van der Waals surface area contributed by atoms with Crippen molar-refractivity contribution in [1.29, 1.82) is 0 Å². The number of ether oxygens (including phenoxy) is 1. The Hall–Kier alpha value is -3.72. The maximum atomic E-state index is 13.2. The van der Waals surface area contributed by atoms with Crippen LogP contribution in [0.2, 0.25) is 0 Å². The molecule has 9 nitrogen and oxygen atoms in total. The van der Waals surface area contributed by atoms with Crippen LogP contribution in [-0.4, -0.2) is 72.9 Å². The molecule has 9 heteroatoms. The number of urea groups is 1. The normalized spacial score (nSPS) is 25.4. The van der Waals surface area contributed by atoms with Crippen LogP contribution in [0.3, 0.4) is 0 Å². The van der Waals surface area contributed by atoms with Crippen LogP contribution in [0, 0.1) is 18.8 Å². The Balaban J connectivity index is 1.62. The standard InChI is InChI=1S/C26H30N4O5/c1-16-10-12-18(13-11-16)27-25(34)29(2)15-19-20-21(23(32)30(3)22(20)31)26(28-19,24(33)35-4)14-17-8-6-5-7-9-17/h5-13,19-21,28H,14-15H2,1-4H3,(H,27,34)/t19-,20+,21-,26-/m1/s1. The van der Waals surface area contributed by atoms with Gasteiger partial charge in [-0.05, 0) is 24.6 Å². The van der Waals surface area contributed by atoms with Crippen molar-refractivity contribution in [3.63, 3.8) is 0 Å². The third-order valence-electron chi connectivity index (χ3n) is 6.97. The minimum Gasteiger partial charge on any atom is -0.468 e. The largest absolute Gasteiger partial charge is 0.468 e. The number of likely N-dealkylation sites (tertiary alicyclic amines) is 1. The highest BCUT2D eigenvalue weighted by atomic mass is 16.5. The first-order valence-electron chi connectivity index (χ1n) is 11.5. The molecule has 35 heavy (non-hydrogen) atoms. The number of methoxy groups -OCH3 is 1. The summed E-state index contributed by atoms with van der Waals surface area (Å²) in [6, 6.07) is 15.7. The van der Waals surface area contributed by atoms with Gasteiger partial charge in [0.1, 0.15) is 5.54 Å². The Morgan fingerprint density at radius 3 is 2.37 bits per heavy atom. The molecule has 0 spiro atoms. The van der Waals surface area contributed by atoms with Crippen LogP contribution in [-0.2, 0) is 25.5 Å². The summed E-state index contributed by atoms with van der Waals surface area (Å²) in [5, 5.41) is 6.11. The molecule has 2 saturated heterocycles. The first-order chi connectivity index (χ1) is 16.7. The number of likely N-dealkylation sites (N-methyl/N-ethyl adjacent to an activating group) is 1. The van der Waals surface area contributed by atoms with E-state index in [9.17, 15) is 19.2 Å². The van der Waals surface area contributed by atoms with Crippen LogP contribution in [0.4, 0.5) is 10.5 Å². The number of anilines is 1. The molecular weight excluding hydrogens is 448 g/mol. The van der Waals surface area contributed by atoms with E-state index in [1.165, 1.54) is 19.1 Å². The summed E-state index contributed by atoms with van der Waals surface area (Å²) in [6.07, 6.45) is 0.171. The summed E-state index contributed by atoms with van der Waals surface area (Å²) in [5.41, 5.74) is 1.11. The summed E-state index contributed by atoms with van der Waals surface area (Å²) in [6.45, 7) is 2.07. The maximum Gasteiger partial charge on any atom is 0.327 e. The van der Waals surface area contributed by atoms with Gasteiger partial charge in [-0.25, -0.2) is 4.79 Å².